The number of hydrogen-bond donors (Lipinski definition) is 6. The van der Waals surface area contributed by atoms with Crippen molar-refractivity contribution in [1.29, 1.82) is 0 Å². The van der Waals surface area contributed by atoms with E-state index in [9.17, 15) is 19.2 Å². The summed E-state index contributed by atoms with van der Waals surface area (Å²) < 4.78 is 0. The van der Waals surface area contributed by atoms with Gasteiger partial charge in [-0.25, -0.2) is 14.4 Å². The lowest BCUT2D eigenvalue weighted by atomic mass is 10.1. The number of hydrogen-bond acceptors (Lipinski definition) is 5. The van der Waals surface area contributed by atoms with E-state index in [0.717, 1.165) is 0 Å². The molecule has 23 heavy (non-hydrogen) atoms. The monoisotopic (exact) mass is 334 g/mol. The van der Waals surface area contributed by atoms with Crippen LogP contribution in [0.2, 0.25) is 0 Å². The zero-order valence-electron chi connectivity index (χ0n) is 12.0. The van der Waals surface area contributed by atoms with Gasteiger partial charge in [-0.3, -0.25) is 14.7 Å². The smallest absolute Gasteiger partial charge is 0.408 e. The molecule has 1 unspecified atom stereocenters. The van der Waals surface area contributed by atoms with Gasteiger partial charge in [0.1, 0.15) is 12.1 Å². The highest BCUT2D eigenvalue weighted by molar-refractivity contribution is 5.87. The molecule has 0 radical (unpaired) electrons. The van der Waals surface area contributed by atoms with Crippen LogP contribution < -0.4 is 11.5 Å². The zero-order valence-corrected chi connectivity index (χ0v) is 12.0. The van der Waals surface area contributed by atoms with Gasteiger partial charge in [0, 0.05) is 6.54 Å². The van der Waals surface area contributed by atoms with Gasteiger partial charge < -0.3 is 31.9 Å². The summed E-state index contributed by atoms with van der Waals surface area (Å²) in [5.74, 6) is -5.17. The van der Waals surface area contributed by atoms with Gasteiger partial charge in [0.05, 0.1) is 6.42 Å². The molecule has 0 aliphatic heterocycles. The third kappa shape index (κ3) is 6.97. The van der Waals surface area contributed by atoms with E-state index in [1.807, 2.05) is 0 Å². The summed E-state index contributed by atoms with van der Waals surface area (Å²) in [6.45, 7) is 0.0102. The molecule has 0 saturated heterocycles. The predicted molar refractivity (Wildman–Crippen MR) is 74.9 cm³/mol. The summed E-state index contributed by atoms with van der Waals surface area (Å²) in [5, 5.41) is 35.9. The van der Waals surface area contributed by atoms with Gasteiger partial charge in [-0.05, 0) is 12.8 Å². The molecule has 8 N–H and O–H groups in total. The van der Waals surface area contributed by atoms with E-state index in [-0.39, 0.29) is 30.2 Å². The van der Waals surface area contributed by atoms with Crippen LogP contribution in [0.5, 0.6) is 0 Å². The van der Waals surface area contributed by atoms with Crippen LogP contribution in [0.15, 0.2) is 4.99 Å². The Morgan fingerprint density at radius 3 is 1.83 bits per heavy atom. The lowest BCUT2D eigenvalue weighted by Gasteiger charge is -2.30. The van der Waals surface area contributed by atoms with Crippen LogP contribution >= 0.6 is 0 Å². The first-order chi connectivity index (χ1) is 10.6. The van der Waals surface area contributed by atoms with E-state index in [4.69, 9.17) is 31.9 Å². The van der Waals surface area contributed by atoms with Gasteiger partial charge in [0.15, 0.2) is 5.96 Å². The van der Waals surface area contributed by atoms with Crippen LogP contribution in [0.25, 0.3) is 0 Å². The summed E-state index contributed by atoms with van der Waals surface area (Å²) in [5.41, 5.74) is 10.2. The molecule has 0 heterocycles. The Kier molecular flexibility index (Phi) is 7.86. The van der Waals surface area contributed by atoms with Crippen LogP contribution in [0.4, 0.5) is 4.79 Å². The second-order valence-electron chi connectivity index (χ2n) is 4.44. The van der Waals surface area contributed by atoms with E-state index >= 15 is 0 Å². The number of guanidine groups is 1. The number of aliphatic carboxylic acids is 3. The number of aliphatic imine (C=N–C) groups is 1. The molecule has 0 aromatic carbocycles. The molecule has 2 atom stereocenters. The van der Waals surface area contributed by atoms with Gasteiger partial charge in [-0.1, -0.05) is 0 Å². The molecule has 0 aliphatic rings. The average molecular weight is 334 g/mol. The quantitative estimate of drug-likeness (QED) is 0.153. The number of carboxylic acids is 3. The van der Waals surface area contributed by atoms with Gasteiger partial charge >= 0.3 is 24.0 Å². The average Bonchev–Trinajstić information content (AvgIpc) is 2.38. The van der Waals surface area contributed by atoms with E-state index in [1.54, 1.807) is 0 Å². The molecule has 12 heteroatoms. The van der Waals surface area contributed by atoms with Gasteiger partial charge in [-0.15, -0.1) is 0 Å². The highest BCUT2D eigenvalue weighted by Gasteiger charge is 2.39. The number of carbonyl (C=O) groups is 4. The molecule has 0 spiro atoms. The fraction of sp³-hybridized carbons (Fsp3) is 0.545. The largest absolute Gasteiger partial charge is 0.481 e. The lowest BCUT2D eigenvalue weighted by molar-refractivity contribution is -0.154. The molecule has 0 fully saturated rings. The van der Waals surface area contributed by atoms with Crippen molar-refractivity contribution < 1.29 is 39.6 Å². The summed E-state index contributed by atoms with van der Waals surface area (Å²) in [6, 6.07) is -3.78. The molecule has 0 rings (SSSR count). The SMILES string of the molecule is NC(N)=NCCC[C@@H](C(=O)O)N(C(=O)O)C(CC(=O)O)C(=O)O. The molecule has 130 valence electrons. The topological polar surface area (TPSA) is 217 Å². The van der Waals surface area contributed by atoms with E-state index in [1.165, 1.54) is 0 Å². The van der Waals surface area contributed by atoms with Crippen molar-refractivity contribution in [2.45, 2.75) is 31.3 Å². The van der Waals surface area contributed by atoms with Crippen molar-refractivity contribution in [3.63, 3.8) is 0 Å². The van der Waals surface area contributed by atoms with Crippen molar-refractivity contribution in [2.75, 3.05) is 6.54 Å². The molecule has 1 amide bonds. The van der Waals surface area contributed by atoms with Crippen molar-refractivity contribution in [1.82, 2.24) is 4.90 Å². The Morgan fingerprint density at radius 1 is 0.957 bits per heavy atom. The van der Waals surface area contributed by atoms with Crippen molar-refractivity contribution in [2.24, 2.45) is 16.5 Å². The molecule has 12 nitrogen and oxygen atoms in total. The number of amides is 1. The first-order valence-electron chi connectivity index (χ1n) is 6.32. The molecule has 0 aromatic heterocycles. The maximum atomic E-state index is 11.3. The fourth-order valence-electron chi connectivity index (χ4n) is 1.83. The third-order valence-corrected chi connectivity index (χ3v) is 2.76. The Hall–Kier alpha value is -3.05. The minimum absolute atomic E-state index is 0.0102. The Balaban J connectivity index is 5.33. The summed E-state index contributed by atoms with van der Waals surface area (Å²) >= 11 is 0. The second-order valence-corrected chi connectivity index (χ2v) is 4.44. The highest BCUT2D eigenvalue weighted by atomic mass is 16.4. The lowest BCUT2D eigenvalue weighted by Crippen LogP contribution is -2.54. The maximum absolute atomic E-state index is 11.3. The summed E-state index contributed by atoms with van der Waals surface area (Å²) in [4.78, 5) is 48.0. The normalized spacial score (nSPS) is 12.7. The third-order valence-electron chi connectivity index (χ3n) is 2.76. The Morgan fingerprint density at radius 2 is 1.48 bits per heavy atom. The number of nitrogens with two attached hydrogens (primary N) is 2. The Bertz CT molecular complexity index is 502. The molecular formula is C11H18N4O8. The number of carboxylic acid groups (broad SMARTS) is 4. The first-order valence-corrected chi connectivity index (χ1v) is 6.32. The predicted octanol–water partition coefficient (Wildman–Crippen LogP) is -1.60. The van der Waals surface area contributed by atoms with E-state index in [2.05, 4.69) is 4.99 Å². The van der Waals surface area contributed by atoms with Crippen molar-refractivity contribution in [3.05, 3.63) is 0 Å². The van der Waals surface area contributed by atoms with Crippen LogP contribution in [0.3, 0.4) is 0 Å². The minimum Gasteiger partial charge on any atom is -0.481 e. The first kappa shape index (κ1) is 19.9. The maximum Gasteiger partial charge on any atom is 0.408 e. The van der Waals surface area contributed by atoms with Crippen molar-refractivity contribution >= 4 is 30.0 Å². The van der Waals surface area contributed by atoms with Crippen LogP contribution in [0, 0.1) is 0 Å². The number of rotatable bonds is 10. The molecular weight excluding hydrogens is 316 g/mol. The molecule has 0 aliphatic carbocycles. The molecule has 0 bridgehead atoms. The summed E-state index contributed by atoms with van der Waals surface area (Å²) in [6.07, 6.45) is -3.16. The standard InChI is InChI=1S/C11H18N4O8/c12-10(13)14-3-1-2-5(8(18)19)15(11(22)23)6(9(20)21)4-7(16)17/h5-6H,1-4H2,(H,16,17)(H,18,19)(H,20,21)(H,22,23)(H4,12,13,14)/t5-,6?/m0/s1. The Labute approximate surface area is 130 Å². The van der Waals surface area contributed by atoms with Crippen LogP contribution in [0.1, 0.15) is 19.3 Å². The second kappa shape index (κ2) is 9.07. The van der Waals surface area contributed by atoms with Gasteiger partial charge in [0.2, 0.25) is 0 Å². The van der Waals surface area contributed by atoms with Gasteiger partial charge in [0.25, 0.3) is 0 Å². The van der Waals surface area contributed by atoms with Crippen LogP contribution in [-0.2, 0) is 14.4 Å². The van der Waals surface area contributed by atoms with Crippen molar-refractivity contribution in [3.8, 4) is 0 Å². The molecule has 0 saturated carbocycles. The van der Waals surface area contributed by atoms with Crippen LogP contribution in [-0.4, -0.2) is 73.9 Å². The highest BCUT2D eigenvalue weighted by Crippen LogP contribution is 2.16. The minimum atomic E-state index is -2.03. The van der Waals surface area contributed by atoms with E-state index < -0.39 is 42.5 Å². The molecule has 0 aromatic rings. The van der Waals surface area contributed by atoms with E-state index in [0.29, 0.717) is 0 Å². The zero-order chi connectivity index (χ0) is 18.2. The fourth-order valence-corrected chi connectivity index (χ4v) is 1.83. The summed E-state index contributed by atoms with van der Waals surface area (Å²) in [7, 11) is 0. The number of nitrogens with zero attached hydrogens (tertiary/aromatic N) is 2. The van der Waals surface area contributed by atoms with Gasteiger partial charge in [-0.2, -0.15) is 0 Å².